The molecular weight excluding hydrogens is 334 g/mol. The third kappa shape index (κ3) is 13.0. The number of hydrogen-bond donors (Lipinski definition) is 3. The molecule has 3 heteroatoms. The zero-order valence-electron chi connectivity index (χ0n) is 17.4. The van der Waals surface area contributed by atoms with Crippen molar-refractivity contribution in [1.82, 2.24) is 0 Å². The molecule has 0 radical (unpaired) electrons. The molecule has 3 nitrogen and oxygen atoms in total. The Morgan fingerprint density at radius 2 is 1.00 bits per heavy atom. The Bertz CT molecular complexity index is 431. The number of aliphatic hydroxyl groups is 2. The van der Waals surface area contributed by atoms with Crippen molar-refractivity contribution in [1.29, 1.82) is 0 Å². The van der Waals surface area contributed by atoms with E-state index in [2.05, 4.69) is 30.3 Å². The van der Waals surface area contributed by atoms with Crippen LogP contribution < -0.4 is 5.73 Å². The third-order valence-electron chi connectivity index (χ3n) is 5.61. The monoisotopic (exact) mass is 377 g/mol. The number of nitrogens with two attached hydrogens (primary N) is 1. The van der Waals surface area contributed by atoms with E-state index in [-0.39, 0.29) is 13.2 Å². The lowest BCUT2D eigenvalue weighted by Crippen LogP contribution is -2.47. The number of benzene rings is 1. The number of unbranched alkanes of at least 4 members (excludes halogenated alkanes) is 12. The maximum absolute atomic E-state index is 9.15. The van der Waals surface area contributed by atoms with Crippen molar-refractivity contribution in [3.63, 3.8) is 0 Å². The molecule has 0 atom stereocenters. The molecule has 0 saturated carbocycles. The quantitative estimate of drug-likeness (QED) is 0.301. The Labute approximate surface area is 167 Å². The van der Waals surface area contributed by atoms with Gasteiger partial charge in [-0.25, -0.2) is 0 Å². The van der Waals surface area contributed by atoms with Crippen molar-refractivity contribution < 1.29 is 10.2 Å². The van der Waals surface area contributed by atoms with Crippen LogP contribution in [0.4, 0.5) is 0 Å². The highest BCUT2D eigenvalue weighted by Gasteiger charge is 2.21. The Hall–Kier alpha value is -0.900. The van der Waals surface area contributed by atoms with Gasteiger partial charge in [-0.3, -0.25) is 0 Å². The predicted molar refractivity (Wildman–Crippen MR) is 116 cm³/mol. The van der Waals surface area contributed by atoms with E-state index in [0.29, 0.717) is 6.42 Å². The molecule has 0 saturated heterocycles. The van der Waals surface area contributed by atoms with Crippen LogP contribution in [0.15, 0.2) is 30.3 Å². The van der Waals surface area contributed by atoms with Crippen molar-refractivity contribution in [3.8, 4) is 0 Å². The zero-order valence-corrected chi connectivity index (χ0v) is 17.4. The van der Waals surface area contributed by atoms with Crippen LogP contribution in [0.25, 0.3) is 0 Å². The fourth-order valence-electron chi connectivity index (χ4n) is 3.60. The van der Waals surface area contributed by atoms with Crippen LogP contribution in [0.5, 0.6) is 0 Å². The second kappa shape index (κ2) is 16.1. The molecule has 0 aliphatic rings. The van der Waals surface area contributed by atoms with Gasteiger partial charge in [-0.1, -0.05) is 107 Å². The van der Waals surface area contributed by atoms with Gasteiger partial charge in [0.2, 0.25) is 0 Å². The molecule has 0 fully saturated rings. The minimum absolute atomic E-state index is 0.128. The Kier molecular flexibility index (Phi) is 14.4. The second-order valence-electron chi connectivity index (χ2n) is 8.26. The summed E-state index contributed by atoms with van der Waals surface area (Å²) in [5.41, 5.74) is 6.57. The smallest absolute Gasteiger partial charge is 0.0633 e. The van der Waals surface area contributed by atoms with E-state index in [1.165, 1.54) is 82.6 Å². The molecule has 1 aromatic rings. The highest BCUT2D eigenvalue weighted by atomic mass is 16.3. The first-order valence-electron chi connectivity index (χ1n) is 11.2. The van der Waals surface area contributed by atoms with E-state index in [1.807, 2.05) is 0 Å². The minimum Gasteiger partial charge on any atom is -0.394 e. The fourth-order valence-corrected chi connectivity index (χ4v) is 3.60. The standard InChI is InChI=1S/C24H43NO2/c25-24(21-26,22-27)20-16-11-9-7-5-3-1-2-4-6-8-10-13-17-23-18-14-12-15-19-23/h12,14-15,18-19,26-27H,1-11,13,16-17,20-22,25H2. The maximum Gasteiger partial charge on any atom is 0.0633 e. The molecule has 0 unspecified atom stereocenters. The Morgan fingerprint density at radius 1 is 0.593 bits per heavy atom. The Balaban J connectivity index is 1.77. The largest absolute Gasteiger partial charge is 0.394 e. The maximum atomic E-state index is 9.15. The second-order valence-corrected chi connectivity index (χ2v) is 8.26. The molecule has 1 aromatic carbocycles. The summed E-state index contributed by atoms with van der Waals surface area (Å²) in [5.74, 6) is 0. The lowest BCUT2D eigenvalue weighted by Gasteiger charge is -2.24. The summed E-state index contributed by atoms with van der Waals surface area (Å²) in [6.45, 7) is -0.257. The van der Waals surface area contributed by atoms with Gasteiger partial charge in [0.25, 0.3) is 0 Å². The summed E-state index contributed by atoms with van der Waals surface area (Å²) in [4.78, 5) is 0. The lowest BCUT2D eigenvalue weighted by atomic mass is 9.94. The van der Waals surface area contributed by atoms with Crippen LogP contribution in [0.1, 0.15) is 95.5 Å². The molecular formula is C24H43NO2. The van der Waals surface area contributed by atoms with E-state index in [9.17, 15) is 0 Å². The van der Waals surface area contributed by atoms with Crippen LogP contribution >= 0.6 is 0 Å². The molecule has 0 spiro atoms. The molecule has 0 heterocycles. The van der Waals surface area contributed by atoms with E-state index in [1.54, 1.807) is 0 Å². The van der Waals surface area contributed by atoms with E-state index in [0.717, 1.165) is 12.8 Å². The number of rotatable bonds is 18. The molecule has 27 heavy (non-hydrogen) atoms. The predicted octanol–water partition coefficient (Wildman–Crippen LogP) is 5.37. The summed E-state index contributed by atoms with van der Waals surface area (Å²) < 4.78 is 0. The van der Waals surface area contributed by atoms with E-state index < -0.39 is 5.54 Å². The minimum atomic E-state index is -0.776. The highest BCUT2D eigenvalue weighted by molar-refractivity contribution is 5.14. The first kappa shape index (κ1) is 24.1. The van der Waals surface area contributed by atoms with Gasteiger partial charge in [-0.2, -0.15) is 0 Å². The highest BCUT2D eigenvalue weighted by Crippen LogP contribution is 2.16. The lowest BCUT2D eigenvalue weighted by molar-refractivity contribution is 0.112. The molecule has 0 aliphatic heterocycles. The van der Waals surface area contributed by atoms with Crippen molar-refractivity contribution in [2.75, 3.05) is 13.2 Å². The number of aryl methyl sites for hydroxylation is 1. The topological polar surface area (TPSA) is 66.5 Å². The van der Waals surface area contributed by atoms with Gasteiger partial charge < -0.3 is 15.9 Å². The molecule has 0 amide bonds. The molecule has 1 rings (SSSR count). The molecule has 156 valence electrons. The summed E-state index contributed by atoms with van der Waals surface area (Å²) in [6, 6.07) is 10.8. The van der Waals surface area contributed by atoms with Crippen molar-refractivity contribution in [2.24, 2.45) is 5.73 Å². The van der Waals surface area contributed by atoms with Gasteiger partial charge in [0.1, 0.15) is 0 Å². The van der Waals surface area contributed by atoms with Crippen LogP contribution in [0.2, 0.25) is 0 Å². The average Bonchev–Trinajstić information content (AvgIpc) is 2.71. The third-order valence-corrected chi connectivity index (χ3v) is 5.61. The van der Waals surface area contributed by atoms with Crippen LogP contribution in [0, 0.1) is 0 Å². The molecule has 0 aromatic heterocycles. The summed E-state index contributed by atoms with van der Waals surface area (Å²) in [7, 11) is 0. The van der Waals surface area contributed by atoms with Gasteiger partial charge in [0.05, 0.1) is 18.8 Å². The summed E-state index contributed by atoms with van der Waals surface area (Å²) in [5, 5.41) is 18.3. The Morgan fingerprint density at radius 3 is 1.44 bits per heavy atom. The van der Waals surface area contributed by atoms with Gasteiger partial charge in [0, 0.05) is 0 Å². The van der Waals surface area contributed by atoms with Crippen molar-refractivity contribution in [3.05, 3.63) is 35.9 Å². The van der Waals surface area contributed by atoms with Crippen LogP contribution in [-0.4, -0.2) is 29.0 Å². The van der Waals surface area contributed by atoms with Gasteiger partial charge in [-0.15, -0.1) is 0 Å². The SMILES string of the molecule is NC(CO)(CO)CCCCCCCCCCCCCCCc1ccccc1. The average molecular weight is 378 g/mol. The first-order chi connectivity index (χ1) is 13.2. The fraction of sp³-hybridized carbons (Fsp3) is 0.750. The van der Waals surface area contributed by atoms with Crippen LogP contribution in [0.3, 0.4) is 0 Å². The first-order valence-corrected chi connectivity index (χ1v) is 11.2. The van der Waals surface area contributed by atoms with Gasteiger partial charge in [-0.05, 0) is 24.8 Å². The summed E-state index contributed by atoms with van der Waals surface area (Å²) >= 11 is 0. The number of aliphatic hydroxyl groups excluding tert-OH is 2. The number of hydrogen-bond acceptors (Lipinski definition) is 3. The molecule has 0 aliphatic carbocycles. The van der Waals surface area contributed by atoms with E-state index >= 15 is 0 Å². The molecule has 0 bridgehead atoms. The van der Waals surface area contributed by atoms with Crippen LogP contribution in [-0.2, 0) is 6.42 Å². The zero-order chi connectivity index (χ0) is 19.6. The molecule has 4 N–H and O–H groups in total. The normalized spacial score (nSPS) is 11.8. The summed E-state index contributed by atoms with van der Waals surface area (Å²) in [6.07, 6.45) is 19.0. The van der Waals surface area contributed by atoms with Crippen molar-refractivity contribution in [2.45, 2.75) is 102 Å². The van der Waals surface area contributed by atoms with Crippen molar-refractivity contribution >= 4 is 0 Å². The van der Waals surface area contributed by atoms with E-state index in [4.69, 9.17) is 15.9 Å². The van der Waals surface area contributed by atoms with Gasteiger partial charge >= 0.3 is 0 Å². The van der Waals surface area contributed by atoms with Gasteiger partial charge in [0.15, 0.2) is 0 Å².